The van der Waals surface area contributed by atoms with Gasteiger partial charge >= 0.3 is 0 Å². The van der Waals surface area contributed by atoms with Gasteiger partial charge in [0.2, 0.25) is 0 Å². The molecule has 88 valence electrons. The number of hydrogen-bond donors (Lipinski definition) is 0. The molecule has 1 aromatic carbocycles. The fraction of sp³-hybridized carbons (Fsp3) is 0.462. The first kappa shape index (κ1) is 12.7. The molecule has 0 fully saturated rings. The van der Waals surface area contributed by atoms with Crippen LogP contribution in [0.2, 0.25) is 0 Å². The molecule has 0 atom stereocenters. The number of aldehydes is 1. The molecule has 0 aliphatic heterocycles. The zero-order chi connectivity index (χ0) is 12.0. The summed E-state index contributed by atoms with van der Waals surface area (Å²) >= 11 is 0. The van der Waals surface area contributed by atoms with Gasteiger partial charge in [-0.1, -0.05) is 11.6 Å². The third kappa shape index (κ3) is 3.07. The van der Waals surface area contributed by atoms with Crippen molar-refractivity contribution in [2.24, 2.45) is 0 Å². The van der Waals surface area contributed by atoms with Crippen molar-refractivity contribution in [3.05, 3.63) is 29.3 Å². The Morgan fingerprint density at radius 3 is 2.75 bits per heavy atom. The summed E-state index contributed by atoms with van der Waals surface area (Å²) in [4.78, 5) is 13.2. The van der Waals surface area contributed by atoms with E-state index < -0.39 is 0 Å². The number of ether oxygens (including phenoxy) is 1. The Balaban J connectivity index is 2.94. The first-order chi connectivity index (χ1) is 7.72. The molecular formula is C13H19NO2. The standard InChI is InChI=1S/C13H19NO2/c1-4-14(7-8-16-3)13-6-5-11(2)9-12(13)10-15/h5-6,9-10H,4,7-8H2,1-3H3. The second-order valence-corrected chi connectivity index (χ2v) is 3.75. The Bertz CT molecular complexity index is 350. The van der Waals surface area contributed by atoms with Gasteiger partial charge in [-0.05, 0) is 26.0 Å². The molecule has 0 aliphatic rings. The highest BCUT2D eigenvalue weighted by molar-refractivity contribution is 5.85. The minimum Gasteiger partial charge on any atom is -0.383 e. The van der Waals surface area contributed by atoms with E-state index in [1.54, 1.807) is 7.11 Å². The molecule has 0 saturated heterocycles. The van der Waals surface area contributed by atoms with E-state index in [1.165, 1.54) is 0 Å². The highest BCUT2D eigenvalue weighted by Crippen LogP contribution is 2.20. The van der Waals surface area contributed by atoms with E-state index in [2.05, 4.69) is 11.8 Å². The summed E-state index contributed by atoms with van der Waals surface area (Å²) in [7, 11) is 1.68. The summed E-state index contributed by atoms with van der Waals surface area (Å²) in [5.74, 6) is 0. The number of aryl methyl sites for hydroxylation is 1. The molecule has 0 bridgehead atoms. The van der Waals surface area contributed by atoms with Gasteiger partial charge in [0, 0.05) is 31.5 Å². The highest BCUT2D eigenvalue weighted by Gasteiger charge is 2.08. The first-order valence-electron chi connectivity index (χ1n) is 5.52. The molecule has 0 heterocycles. The molecule has 16 heavy (non-hydrogen) atoms. The van der Waals surface area contributed by atoms with E-state index in [9.17, 15) is 4.79 Å². The minimum absolute atomic E-state index is 0.667. The van der Waals surface area contributed by atoms with Gasteiger partial charge in [0.05, 0.1) is 6.61 Å². The van der Waals surface area contributed by atoms with Crippen LogP contribution in [0.3, 0.4) is 0 Å². The Morgan fingerprint density at radius 1 is 1.44 bits per heavy atom. The number of rotatable bonds is 6. The Hall–Kier alpha value is -1.35. The maximum absolute atomic E-state index is 11.0. The maximum Gasteiger partial charge on any atom is 0.152 e. The summed E-state index contributed by atoms with van der Waals surface area (Å²) < 4.78 is 5.06. The van der Waals surface area contributed by atoms with Crippen LogP contribution >= 0.6 is 0 Å². The largest absolute Gasteiger partial charge is 0.383 e. The van der Waals surface area contributed by atoms with Crippen LogP contribution in [-0.2, 0) is 4.74 Å². The molecule has 0 aliphatic carbocycles. The SMILES string of the molecule is CCN(CCOC)c1ccc(C)cc1C=O. The lowest BCUT2D eigenvalue weighted by Gasteiger charge is -2.24. The Labute approximate surface area is 97.0 Å². The van der Waals surface area contributed by atoms with E-state index >= 15 is 0 Å². The number of methoxy groups -OCH3 is 1. The summed E-state index contributed by atoms with van der Waals surface area (Å²) in [6.45, 7) is 6.40. The second kappa shape index (κ2) is 6.28. The van der Waals surface area contributed by atoms with Crippen LogP contribution in [0.5, 0.6) is 0 Å². The molecular weight excluding hydrogens is 202 g/mol. The third-order valence-corrected chi connectivity index (χ3v) is 2.60. The third-order valence-electron chi connectivity index (χ3n) is 2.60. The molecule has 0 saturated carbocycles. The summed E-state index contributed by atoms with van der Waals surface area (Å²) in [5.41, 5.74) is 2.84. The van der Waals surface area contributed by atoms with Gasteiger partial charge in [0.25, 0.3) is 0 Å². The van der Waals surface area contributed by atoms with Crippen LogP contribution in [-0.4, -0.2) is 33.1 Å². The van der Waals surface area contributed by atoms with Crippen molar-refractivity contribution in [1.82, 2.24) is 0 Å². The van der Waals surface area contributed by atoms with Crippen LogP contribution in [0, 0.1) is 6.92 Å². The minimum atomic E-state index is 0.667. The highest BCUT2D eigenvalue weighted by atomic mass is 16.5. The maximum atomic E-state index is 11.0. The van der Waals surface area contributed by atoms with E-state index in [0.717, 1.165) is 36.2 Å². The number of hydrogen-bond acceptors (Lipinski definition) is 3. The lowest BCUT2D eigenvalue weighted by molar-refractivity contribution is 0.112. The summed E-state index contributed by atoms with van der Waals surface area (Å²) in [6.07, 6.45) is 0.914. The number of carbonyl (C=O) groups is 1. The molecule has 3 heteroatoms. The monoisotopic (exact) mass is 221 g/mol. The van der Waals surface area contributed by atoms with E-state index in [-0.39, 0.29) is 0 Å². The smallest absolute Gasteiger partial charge is 0.152 e. The molecule has 0 radical (unpaired) electrons. The quantitative estimate of drug-likeness (QED) is 0.690. The van der Waals surface area contributed by atoms with E-state index in [1.807, 2.05) is 25.1 Å². The zero-order valence-electron chi connectivity index (χ0n) is 10.2. The van der Waals surface area contributed by atoms with Gasteiger partial charge in [-0.15, -0.1) is 0 Å². The van der Waals surface area contributed by atoms with Crippen LogP contribution in [0.4, 0.5) is 5.69 Å². The topological polar surface area (TPSA) is 29.5 Å². The van der Waals surface area contributed by atoms with Crippen molar-refractivity contribution in [3.8, 4) is 0 Å². The van der Waals surface area contributed by atoms with Crippen molar-refractivity contribution in [2.45, 2.75) is 13.8 Å². The predicted molar refractivity (Wildman–Crippen MR) is 66.3 cm³/mol. The fourth-order valence-electron chi connectivity index (χ4n) is 1.71. The van der Waals surface area contributed by atoms with Crippen molar-refractivity contribution in [1.29, 1.82) is 0 Å². The number of anilines is 1. The Morgan fingerprint density at radius 2 is 2.19 bits per heavy atom. The zero-order valence-corrected chi connectivity index (χ0v) is 10.2. The molecule has 0 aromatic heterocycles. The van der Waals surface area contributed by atoms with Gasteiger partial charge < -0.3 is 9.64 Å². The van der Waals surface area contributed by atoms with Crippen molar-refractivity contribution >= 4 is 12.0 Å². The van der Waals surface area contributed by atoms with E-state index in [0.29, 0.717) is 6.61 Å². The fourth-order valence-corrected chi connectivity index (χ4v) is 1.71. The van der Waals surface area contributed by atoms with Crippen molar-refractivity contribution in [3.63, 3.8) is 0 Å². The second-order valence-electron chi connectivity index (χ2n) is 3.75. The normalized spacial score (nSPS) is 10.2. The number of nitrogens with zero attached hydrogens (tertiary/aromatic N) is 1. The van der Waals surface area contributed by atoms with Crippen molar-refractivity contribution < 1.29 is 9.53 Å². The summed E-state index contributed by atoms with van der Waals surface area (Å²) in [6, 6.07) is 5.94. The molecule has 1 rings (SSSR count). The van der Waals surface area contributed by atoms with Gasteiger partial charge in [-0.3, -0.25) is 4.79 Å². The molecule has 3 nitrogen and oxygen atoms in total. The number of benzene rings is 1. The van der Waals surface area contributed by atoms with Gasteiger partial charge in [-0.2, -0.15) is 0 Å². The van der Waals surface area contributed by atoms with Crippen LogP contribution < -0.4 is 4.90 Å². The average Bonchev–Trinajstić information content (AvgIpc) is 2.31. The lowest BCUT2D eigenvalue weighted by atomic mass is 10.1. The molecule has 1 aromatic rings. The van der Waals surface area contributed by atoms with Crippen molar-refractivity contribution in [2.75, 3.05) is 31.7 Å². The summed E-state index contributed by atoms with van der Waals surface area (Å²) in [5, 5.41) is 0. The first-order valence-corrected chi connectivity index (χ1v) is 5.52. The van der Waals surface area contributed by atoms with Crippen LogP contribution in [0.25, 0.3) is 0 Å². The predicted octanol–water partition coefficient (Wildman–Crippen LogP) is 2.28. The molecule has 0 unspecified atom stereocenters. The van der Waals surface area contributed by atoms with E-state index in [4.69, 9.17) is 4.74 Å². The van der Waals surface area contributed by atoms with Crippen LogP contribution in [0.1, 0.15) is 22.8 Å². The average molecular weight is 221 g/mol. The number of likely N-dealkylation sites (N-methyl/N-ethyl adjacent to an activating group) is 1. The lowest BCUT2D eigenvalue weighted by Crippen LogP contribution is -2.27. The molecule has 0 spiro atoms. The van der Waals surface area contributed by atoms with Gasteiger partial charge in [0.1, 0.15) is 0 Å². The number of carbonyl (C=O) groups excluding carboxylic acids is 1. The van der Waals surface area contributed by atoms with Crippen LogP contribution in [0.15, 0.2) is 18.2 Å². The Kier molecular flexibility index (Phi) is 4.99. The molecule has 0 amide bonds. The van der Waals surface area contributed by atoms with Gasteiger partial charge in [-0.25, -0.2) is 0 Å². The molecule has 0 N–H and O–H groups in total. The van der Waals surface area contributed by atoms with Gasteiger partial charge in [0.15, 0.2) is 6.29 Å².